The summed E-state index contributed by atoms with van der Waals surface area (Å²) in [5.41, 5.74) is 0.917. The summed E-state index contributed by atoms with van der Waals surface area (Å²) in [5.74, 6) is 0.958. The van der Waals surface area contributed by atoms with Crippen molar-refractivity contribution in [3.63, 3.8) is 0 Å². The Morgan fingerprint density at radius 3 is 2.95 bits per heavy atom. The number of ether oxygens (including phenoxy) is 1. The van der Waals surface area contributed by atoms with Crippen molar-refractivity contribution in [3.8, 4) is 5.75 Å². The van der Waals surface area contributed by atoms with E-state index in [4.69, 9.17) is 4.74 Å². The molecule has 1 atom stereocenters. The Morgan fingerprint density at radius 2 is 2.24 bits per heavy atom. The normalized spacial score (nSPS) is 12.4. The Hall–Kier alpha value is -1.95. The van der Waals surface area contributed by atoms with Crippen LogP contribution in [0.4, 0.5) is 4.39 Å². The number of aromatic nitrogens is 3. The average Bonchev–Trinajstić information content (AvgIpc) is 2.92. The highest BCUT2D eigenvalue weighted by Crippen LogP contribution is 2.26. The average molecular weight is 292 g/mol. The van der Waals surface area contributed by atoms with Gasteiger partial charge in [0.2, 0.25) is 0 Å². The number of nitrogens with one attached hydrogen (secondary N) is 1. The fourth-order valence-corrected chi connectivity index (χ4v) is 2.09. The molecule has 2 aromatic rings. The van der Waals surface area contributed by atoms with Crippen LogP contribution >= 0.6 is 0 Å². The predicted molar refractivity (Wildman–Crippen MR) is 78.5 cm³/mol. The van der Waals surface area contributed by atoms with Crippen LogP contribution in [0.5, 0.6) is 5.75 Å². The van der Waals surface area contributed by atoms with Gasteiger partial charge in [0.15, 0.2) is 5.82 Å². The van der Waals surface area contributed by atoms with Gasteiger partial charge in [-0.25, -0.2) is 14.1 Å². The molecule has 0 saturated heterocycles. The molecule has 0 aliphatic heterocycles. The van der Waals surface area contributed by atoms with E-state index in [9.17, 15) is 4.39 Å². The number of hydrogen-bond donors (Lipinski definition) is 1. The van der Waals surface area contributed by atoms with Crippen LogP contribution in [0.2, 0.25) is 0 Å². The molecule has 0 aliphatic rings. The fourth-order valence-electron chi connectivity index (χ4n) is 2.09. The van der Waals surface area contributed by atoms with Gasteiger partial charge >= 0.3 is 0 Å². The van der Waals surface area contributed by atoms with Gasteiger partial charge in [0.1, 0.15) is 24.5 Å². The van der Waals surface area contributed by atoms with Crippen LogP contribution in [-0.2, 0) is 13.2 Å². The summed E-state index contributed by atoms with van der Waals surface area (Å²) in [7, 11) is 1.86. The first-order chi connectivity index (χ1) is 10.2. The molecule has 21 heavy (non-hydrogen) atoms. The van der Waals surface area contributed by atoms with Gasteiger partial charge in [0, 0.05) is 24.2 Å². The summed E-state index contributed by atoms with van der Waals surface area (Å²) in [5, 5.41) is 7.28. The summed E-state index contributed by atoms with van der Waals surface area (Å²) in [6, 6.07) is 4.66. The van der Waals surface area contributed by atoms with Gasteiger partial charge in [0.25, 0.3) is 0 Å². The molecule has 0 spiro atoms. The second kappa shape index (κ2) is 7.17. The first-order valence-electron chi connectivity index (χ1n) is 7.12. The molecule has 1 heterocycles. The highest BCUT2D eigenvalue weighted by molar-refractivity contribution is 5.36. The van der Waals surface area contributed by atoms with Crippen molar-refractivity contribution in [1.82, 2.24) is 20.1 Å². The molecule has 0 fully saturated rings. The standard InChI is InChI=1S/C15H21FN4O/c1-4-7-20-15(18-10-19-20)9-21-14-8-12(16)5-6-13(14)11(2)17-3/h5-6,8,10-11,17H,4,7,9H2,1-3H3. The molecule has 0 radical (unpaired) electrons. The molecule has 1 N–H and O–H groups in total. The number of halogens is 1. The first kappa shape index (κ1) is 15.4. The van der Waals surface area contributed by atoms with Crippen LogP contribution < -0.4 is 10.1 Å². The molecule has 1 aromatic heterocycles. The Morgan fingerprint density at radius 1 is 1.43 bits per heavy atom. The van der Waals surface area contributed by atoms with Gasteiger partial charge in [-0.3, -0.25) is 0 Å². The quantitative estimate of drug-likeness (QED) is 0.852. The highest BCUT2D eigenvalue weighted by Gasteiger charge is 2.13. The van der Waals surface area contributed by atoms with Crippen molar-refractivity contribution in [2.24, 2.45) is 0 Å². The van der Waals surface area contributed by atoms with Crippen molar-refractivity contribution in [2.45, 2.75) is 39.5 Å². The molecule has 6 heteroatoms. The highest BCUT2D eigenvalue weighted by atomic mass is 19.1. The number of rotatable bonds is 7. The Kier molecular flexibility index (Phi) is 5.27. The number of nitrogens with zero attached hydrogens (tertiary/aromatic N) is 3. The molecular weight excluding hydrogens is 271 g/mol. The van der Waals surface area contributed by atoms with E-state index < -0.39 is 0 Å². The van der Waals surface area contributed by atoms with E-state index in [-0.39, 0.29) is 18.5 Å². The Labute approximate surface area is 124 Å². The summed E-state index contributed by atoms with van der Waals surface area (Å²) in [6.45, 7) is 5.14. The lowest BCUT2D eigenvalue weighted by Crippen LogP contribution is -2.15. The van der Waals surface area contributed by atoms with E-state index in [0.717, 1.165) is 24.4 Å². The molecule has 0 aliphatic carbocycles. The Balaban J connectivity index is 2.15. The first-order valence-corrected chi connectivity index (χ1v) is 7.12. The second-order valence-electron chi connectivity index (χ2n) is 4.88. The molecule has 0 saturated carbocycles. The summed E-state index contributed by atoms with van der Waals surface area (Å²) in [4.78, 5) is 4.18. The second-order valence-corrected chi connectivity index (χ2v) is 4.88. The minimum absolute atomic E-state index is 0.0779. The van der Waals surface area contributed by atoms with E-state index in [0.29, 0.717) is 5.75 Å². The van der Waals surface area contributed by atoms with Crippen LogP contribution in [0.3, 0.4) is 0 Å². The van der Waals surface area contributed by atoms with E-state index in [1.807, 2.05) is 14.0 Å². The van der Waals surface area contributed by atoms with Gasteiger partial charge < -0.3 is 10.1 Å². The number of aryl methyl sites for hydroxylation is 1. The number of benzene rings is 1. The van der Waals surface area contributed by atoms with Crippen LogP contribution in [0.1, 0.15) is 37.7 Å². The van der Waals surface area contributed by atoms with Crippen LogP contribution in [-0.4, -0.2) is 21.8 Å². The predicted octanol–water partition coefficient (Wildman–Crippen LogP) is 2.69. The van der Waals surface area contributed by atoms with Crippen molar-refractivity contribution < 1.29 is 9.13 Å². The zero-order valence-electron chi connectivity index (χ0n) is 12.6. The van der Waals surface area contributed by atoms with Crippen molar-refractivity contribution >= 4 is 0 Å². The molecule has 114 valence electrons. The lowest BCUT2D eigenvalue weighted by molar-refractivity contribution is 0.279. The maximum Gasteiger partial charge on any atom is 0.164 e. The van der Waals surface area contributed by atoms with E-state index >= 15 is 0 Å². The molecule has 2 rings (SSSR count). The molecule has 0 amide bonds. The molecule has 1 aromatic carbocycles. The largest absolute Gasteiger partial charge is 0.485 e. The summed E-state index contributed by atoms with van der Waals surface area (Å²) < 4.78 is 21.0. The van der Waals surface area contributed by atoms with Gasteiger partial charge in [-0.05, 0) is 26.5 Å². The van der Waals surface area contributed by atoms with Gasteiger partial charge in [-0.2, -0.15) is 5.10 Å². The van der Waals surface area contributed by atoms with Gasteiger partial charge in [-0.1, -0.05) is 13.0 Å². The maximum absolute atomic E-state index is 13.4. The van der Waals surface area contributed by atoms with Gasteiger partial charge in [0.05, 0.1) is 0 Å². The Bertz CT molecular complexity index is 585. The maximum atomic E-state index is 13.4. The third-order valence-corrected chi connectivity index (χ3v) is 3.36. The SMILES string of the molecule is CCCn1ncnc1COc1cc(F)ccc1C(C)NC. The lowest BCUT2D eigenvalue weighted by Gasteiger charge is -2.16. The third kappa shape index (κ3) is 3.78. The van der Waals surface area contributed by atoms with E-state index in [1.165, 1.54) is 18.5 Å². The number of hydrogen-bond acceptors (Lipinski definition) is 4. The lowest BCUT2D eigenvalue weighted by atomic mass is 10.1. The van der Waals surface area contributed by atoms with E-state index in [1.54, 1.807) is 10.7 Å². The smallest absolute Gasteiger partial charge is 0.164 e. The van der Waals surface area contributed by atoms with E-state index in [2.05, 4.69) is 22.3 Å². The zero-order valence-corrected chi connectivity index (χ0v) is 12.6. The van der Waals surface area contributed by atoms with Crippen molar-refractivity contribution in [3.05, 3.63) is 41.7 Å². The van der Waals surface area contributed by atoms with Gasteiger partial charge in [-0.15, -0.1) is 0 Å². The van der Waals surface area contributed by atoms with Crippen molar-refractivity contribution in [1.29, 1.82) is 0 Å². The molecular formula is C15H21FN4O. The fraction of sp³-hybridized carbons (Fsp3) is 0.467. The summed E-state index contributed by atoms with van der Waals surface area (Å²) >= 11 is 0. The molecule has 5 nitrogen and oxygen atoms in total. The minimum atomic E-state index is -0.313. The zero-order chi connectivity index (χ0) is 15.2. The monoisotopic (exact) mass is 292 g/mol. The van der Waals surface area contributed by atoms with Crippen LogP contribution in [0.25, 0.3) is 0 Å². The van der Waals surface area contributed by atoms with Crippen LogP contribution in [0, 0.1) is 5.82 Å². The van der Waals surface area contributed by atoms with Crippen molar-refractivity contribution in [2.75, 3.05) is 7.05 Å². The van der Waals surface area contributed by atoms with Crippen LogP contribution in [0.15, 0.2) is 24.5 Å². The third-order valence-electron chi connectivity index (χ3n) is 3.36. The summed E-state index contributed by atoms with van der Waals surface area (Å²) in [6.07, 6.45) is 2.48. The molecule has 1 unspecified atom stereocenters. The molecule has 0 bridgehead atoms. The minimum Gasteiger partial charge on any atom is -0.485 e. The topological polar surface area (TPSA) is 52.0 Å².